The highest BCUT2D eigenvalue weighted by molar-refractivity contribution is 5.79. The molecule has 1 aliphatic rings. The number of hydrogen-bond donors (Lipinski definition) is 6. The molecule has 1 aromatic heterocycles. The predicted octanol–water partition coefficient (Wildman–Crippen LogP) is -7.87. The fourth-order valence-electron chi connectivity index (χ4n) is 6.88. The van der Waals surface area contributed by atoms with E-state index in [2.05, 4.69) is 4.98 Å². The molecule has 1 aromatic rings. The van der Waals surface area contributed by atoms with Gasteiger partial charge in [0.2, 0.25) is 17.7 Å². The van der Waals surface area contributed by atoms with Crippen molar-refractivity contribution in [2.24, 2.45) is 0 Å². The van der Waals surface area contributed by atoms with E-state index < -0.39 is 91.9 Å². The van der Waals surface area contributed by atoms with Crippen LogP contribution >= 0.6 is 0 Å². The van der Waals surface area contributed by atoms with E-state index in [1.54, 1.807) is 18.2 Å². The number of carboxylic acid groups (broad SMARTS) is 3. The second-order valence-electron chi connectivity index (χ2n) is 15.0. The number of nitrogens with zero attached hydrogens (tertiary/aromatic N) is 7. The summed E-state index contributed by atoms with van der Waals surface area (Å²) in [7, 11) is 4.12. The average molecular weight is 855 g/mol. The van der Waals surface area contributed by atoms with Gasteiger partial charge in [0.05, 0.1) is 79.5 Å². The van der Waals surface area contributed by atoms with Crippen molar-refractivity contribution in [3.63, 3.8) is 0 Å². The number of fused-ring (bicyclic) bond motifs is 2. The zero-order valence-electron chi connectivity index (χ0n) is 34.4. The number of carboxylic acids is 3. The Labute approximate surface area is 348 Å². The van der Waals surface area contributed by atoms with Crippen LogP contribution in [0.2, 0.25) is 0 Å². The molecule has 0 spiro atoms. The fraction of sp³-hybridized carbons (Fsp3) is 0.711. The molecule has 6 atom stereocenters. The number of aliphatic hydroxyl groups excluding tert-OH is 6. The summed E-state index contributed by atoms with van der Waals surface area (Å²) in [6.07, 6.45) is -5.48. The van der Waals surface area contributed by atoms with Crippen LogP contribution in [0.15, 0.2) is 18.2 Å². The summed E-state index contributed by atoms with van der Waals surface area (Å²) in [6.45, 7) is -3.45. The number of hydrogen-bond acceptors (Lipinski definition) is 19. The van der Waals surface area contributed by atoms with Crippen LogP contribution < -0.4 is 15.3 Å². The normalized spacial score (nSPS) is 17.5. The van der Waals surface area contributed by atoms with Crippen molar-refractivity contribution in [3.05, 3.63) is 29.6 Å². The summed E-state index contributed by atoms with van der Waals surface area (Å²) >= 11 is 0. The molecule has 0 aromatic carbocycles. The van der Waals surface area contributed by atoms with Crippen LogP contribution in [0.3, 0.4) is 0 Å². The SMILES string of the molecule is CN(CC(O)CO)C(=O)CCC(C(=O)[O-])N1CCN(C(CCC(=O)N(C)CC(O)CO)C(=O)[O-])Cc2cccc(n2)CN(C(CCC(=O)N(C)CC(O)CO)C(=O)[O-])CC1. The molecule has 0 saturated heterocycles. The summed E-state index contributed by atoms with van der Waals surface area (Å²) in [4.78, 5) is 89.2. The van der Waals surface area contributed by atoms with Gasteiger partial charge >= 0.3 is 0 Å². The van der Waals surface area contributed by atoms with Crippen LogP contribution in [0, 0.1) is 0 Å². The molecule has 2 bridgehead atoms. The quantitative estimate of drug-likeness (QED) is 0.0562. The standard InChI is InChI=1S/C38H63N7O15/c1-40(19-27(49)22-46)33(52)10-7-30(36(55)56)43-13-15-44(31(37(57)58)8-11-34(53)41(2)20-28(50)23-47)17-25-5-4-6-26(39-25)18-45(16-14-43)32(38(59)60)9-12-35(54)42(3)21-29(51)24-48/h4-6,27-32,46-51H,7-24H2,1-3H3,(H,55,56)(H,57,58)(H,59,60)/p-3. The number of rotatable bonds is 24. The van der Waals surface area contributed by atoms with Crippen molar-refractivity contribution in [2.45, 2.75) is 88.1 Å². The lowest BCUT2D eigenvalue weighted by Crippen LogP contribution is -2.56. The van der Waals surface area contributed by atoms with Crippen LogP contribution in [0.1, 0.15) is 49.9 Å². The second kappa shape index (κ2) is 26.1. The van der Waals surface area contributed by atoms with Crippen molar-refractivity contribution in [1.29, 1.82) is 0 Å². The van der Waals surface area contributed by atoms with Crippen molar-refractivity contribution in [2.75, 3.05) is 86.8 Å². The molecule has 0 saturated carbocycles. The van der Waals surface area contributed by atoms with Gasteiger partial charge in [-0.1, -0.05) is 6.07 Å². The average Bonchev–Trinajstić information content (AvgIpc) is 3.19. The van der Waals surface area contributed by atoms with Crippen LogP contribution in [0.4, 0.5) is 0 Å². The van der Waals surface area contributed by atoms with E-state index in [0.717, 1.165) is 14.7 Å². The van der Waals surface area contributed by atoms with Crippen LogP contribution in [-0.4, -0.2) is 224 Å². The number of aromatic nitrogens is 1. The maximum atomic E-state index is 13.0. The van der Waals surface area contributed by atoms with Crippen molar-refractivity contribution >= 4 is 35.6 Å². The number of aliphatic carboxylic acids is 3. The van der Waals surface area contributed by atoms with Crippen LogP contribution in [0.25, 0.3) is 0 Å². The lowest BCUT2D eigenvalue weighted by molar-refractivity contribution is -0.314. The highest BCUT2D eigenvalue weighted by Crippen LogP contribution is 2.19. The number of amides is 3. The van der Waals surface area contributed by atoms with Gasteiger partial charge in [-0.25, -0.2) is 0 Å². The first-order valence-corrected chi connectivity index (χ1v) is 19.7. The maximum Gasteiger partial charge on any atom is 0.222 e. The Morgan fingerprint density at radius 3 is 1.13 bits per heavy atom. The van der Waals surface area contributed by atoms with Gasteiger partial charge in [0.1, 0.15) is 0 Å². The molecule has 0 aliphatic carbocycles. The molecule has 6 N–H and O–H groups in total. The molecular weight excluding hydrogens is 794 g/mol. The topological polar surface area (TPSA) is 325 Å². The lowest BCUT2D eigenvalue weighted by Gasteiger charge is -2.40. The van der Waals surface area contributed by atoms with E-state index in [1.165, 1.54) is 35.8 Å². The van der Waals surface area contributed by atoms with E-state index >= 15 is 0 Å². The molecule has 60 heavy (non-hydrogen) atoms. The van der Waals surface area contributed by atoms with Gasteiger partial charge < -0.3 is 75.0 Å². The molecule has 0 radical (unpaired) electrons. The van der Waals surface area contributed by atoms with Crippen LogP contribution in [0.5, 0.6) is 0 Å². The first-order chi connectivity index (χ1) is 28.3. The van der Waals surface area contributed by atoms with Crippen molar-refractivity contribution in [3.8, 4) is 0 Å². The fourth-order valence-corrected chi connectivity index (χ4v) is 6.88. The smallest absolute Gasteiger partial charge is 0.222 e. The van der Waals surface area contributed by atoms with E-state index in [1.807, 2.05) is 0 Å². The van der Waals surface area contributed by atoms with Crippen LogP contribution in [-0.2, 0) is 41.9 Å². The monoisotopic (exact) mass is 854 g/mol. The summed E-state index contributed by atoms with van der Waals surface area (Å²) in [6, 6.07) is 0.501. The number of carbonyl (C=O) groups excluding carboxylic acids is 6. The van der Waals surface area contributed by atoms with Gasteiger partial charge in [-0.3, -0.25) is 34.1 Å². The van der Waals surface area contributed by atoms with Crippen molar-refractivity contribution < 1.29 is 74.7 Å². The number of aliphatic hydroxyl groups is 6. The molecule has 2 rings (SSSR count). The Hall–Kier alpha value is -4.39. The number of carbonyl (C=O) groups is 6. The zero-order chi connectivity index (χ0) is 45.1. The molecule has 0 fully saturated rings. The van der Waals surface area contributed by atoms with E-state index in [0.29, 0.717) is 11.4 Å². The highest BCUT2D eigenvalue weighted by Gasteiger charge is 2.30. The van der Waals surface area contributed by atoms with Gasteiger partial charge in [-0.15, -0.1) is 0 Å². The van der Waals surface area contributed by atoms with Gasteiger partial charge in [-0.05, 0) is 31.4 Å². The minimum Gasteiger partial charge on any atom is -0.548 e. The highest BCUT2D eigenvalue weighted by atomic mass is 16.4. The van der Waals surface area contributed by atoms with Gasteiger partial charge in [-0.2, -0.15) is 0 Å². The van der Waals surface area contributed by atoms with Crippen molar-refractivity contribution in [1.82, 2.24) is 34.4 Å². The zero-order valence-corrected chi connectivity index (χ0v) is 34.4. The molecule has 340 valence electrons. The second-order valence-corrected chi connectivity index (χ2v) is 15.0. The predicted molar refractivity (Wildman–Crippen MR) is 203 cm³/mol. The minimum atomic E-state index is -1.59. The van der Waals surface area contributed by atoms with E-state index in [4.69, 9.17) is 10.2 Å². The third-order valence-electron chi connectivity index (χ3n) is 10.3. The van der Waals surface area contributed by atoms with Gasteiger partial charge in [0.25, 0.3) is 0 Å². The Morgan fingerprint density at radius 1 is 0.567 bits per heavy atom. The molecule has 22 nitrogen and oxygen atoms in total. The molecule has 6 unspecified atom stereocenters. The molecular formula is C38H60N7O15-3. The molecule has 2 heterocycles. The Morgan fingerprint density at radius 2 is 0.850 bits per heavy atom. The first kappa shape index (κ1) is 51.8. The number of likely N-dealkylation sites (N-methyl/N-ethyl adjacent to an activating group) is 3. The van der Waals surface area contributed by atoms with E-state index in [9.17, 15) is 64.5 Å². The molecule has 1 aliphatic heterocycles. The van der Waals surface area contributed by atoms with Gasteiger partial charge in [0, 0.05) is 105 Å². The van der Waals surface area contributed by atoms with E-state index in [-0.39, 0.29) is 97.4 Å². The third-order valence-corrected chi connectivity index (χ3v) is 10.3. The first-order valence-electron chi connectivity index (χ1n) is 19.7. The van der Waals surface area contributed by atoms with Gasteiger partial charge in [0.15, 0.2) is 0 Å². The molecule has 22 heteroatoms. The summed E-state index contributed by atoms with van der Waals surface area (Å²) < 4.78 is 0. The Bertz CT molecular complexity index is 1480. The Kier molecular flexibility index (Phi) is 22.5. The minimum absolute atomic E-state index is 0.148. The summed E-state index contributed by atoms with van der Waals surface area (Å²) in [5, 5.41) is 95.0. The summed E-state index contributed by atoms with van der Waals surface area (Å²) in [5.41, 5.74) is 0.666. The molecule has 3 amide bonds. The Balaban J connectivity index is 2.56. The third kappa shape index (κ3) is 17.3. The maximum absolute atomic E-state index is 13.0. The largest absolute Gasteiger partial charge is 0.548 e. The number of pyridine rings is 1. The summed E-state index contributed by atoms with van der Waals surface area (Å²) in [5.74, 6) is -6.29. The lowest BCUT2D eigenvalue weighted by atomic mass is 10.1.